The number of aliphatic hydroxyl groups excluding tert-OH is 1. The first kappa shape index (κ1) is 13.9. The SMILES string of the molecule is CCN(CCO)C(=O)c1n[nH]c2ccc([N+](=O)[O-])cc12. The van der Waals surface area contributed by atoms with Gasteiger partial charge in [-0.2, -0.15) is 5.10 Å². The summed E-state index contributed by atoms with van der Waals surface area (Å²) in [6, 6.07) is 4.18. The van der Waals surface area contributed by atoms with Crippen molar-refractivity contribution < 1.29 is 14.8 Å². The Kier molecular flexibility index (Phi) is 3.94. The molecule has 2 rings (SSSR count). The second-order valence-corrected chi connectivity index (χ2v) is 4.17. The smallest absolute Gasteiger partial charge is 0.275 e. The predicted octanol–water partition coefficient (Wildman–Crippen LogP) is 0.925. The molecule has 1 aromatic heterocycles. The minimum Gasteiger partial charge on any atom is -0.395 e. The van der Waals surface area contributed by atoms with Gasteiger partial charge in [-0.25, -0.2) is 0 Å². The van der Waals surface area contributed by atoms with Crippen LogP contribution in [0.15, 0.2) is 18.2 Å². The number of fused-ring (bicyclic) bond motifs is 1. The van der Waals surface area contributed by atoms with Crippen molar-refractivity contribution in [3.05, 3.63) is 34.0 Å². The van der Waals surface area contributed by atoms with Gasteiger partial charge in [0.05, 0.1) is 17.0 Å². The van der Waals surface area contributed by atoms with Crippen molar-refractivity contribution >= 4 is 22.5 Å². The van der Waals surface area contributed by atoms with Gasteiger partial charge < -0.3 is 10.0 Å². The molecule has 106 valence electrons. The molecule has 0 fully saturated rings. The standard InChI is InChI=1S/C12H14N4O4/c1-2-15(5-6-17)12(18)11-9-7-8(16(19)20)3-4-10(9)13-14-11/h3-4,7,17H,2,5-6H2,1H3,(H,13,14). The van der Waals surface area contributed by atoms with Crippen LogP contribution in [-0.4, -0.2) is 50.7 Å². The number of aromatic nitrogens is 2. The third-order valence-corrected chi connectivity index (χ3v) is 3.00. The minimum absolute atomic E-state index is 0.0989. The summed E-state index contributed by atoms with van der Waals surface area (Å²) < 4.78 is 0. The van der Waals surface area contributed by atoms with E-state index in [4.69, 9.17) is 5.11 Å². The first-order valence-electron chi connectivity index (χ1n) is 6.11. The molecular weight excluding hydrogens is 264 g/mol. The lowest BCUT2D eigenvalue weighted by Gasteiger charge is -2.18. The van der Waals surface area contributed by atoms with E-state index in [1.54, 1.807) is 6.92 Å². The van der Waals surface area contributed by atoms with Crippen LogP contribution in [0.1, 0.15) is 17.4 Å². The number of nitro benzene ring substituents is 1. The average molecular weight is 278 g/mol. The van der Waals surface area contributed by atoms with Gasteiger partial charge in [0.15, 0.2) is 5.69 Å². The highest BCUT2D eigenvalue weighted by Gasteiger charge is 2.21. The second kappa shape index (κ2) is 5.66. The Bertz CT molecular complexity index is 652. The quantitative estimate of drug-likeness (QED) is 0.624. The highest BCUT2D eigenvalue weighted by molar-refractivity contribution is 6.05. The Hall–Kier alpha value is -2.48. The van der Waals surface area contributed by atoms with Gasteiger partial charge in [0.25, 0.3) is 11.6 Å². The van der Waals surface area contributed by atoms with E-state index >= 15 is 0 Å². The molecule has 8 heteroatoms. The van der Waals surface area contributed by atoms with Gasteiger partial charge in [-0.15, -0.1) is 0 Å². The number of carbonyl (C=O) groups is 1. The molecule has 8 nitrogen and oxygen atoms in total. The molecule has 0 bridgehead atoms. The van der Waals surface area contributed by atoms with Gasteiger partial charge in [-0.3, -0.25) is 20.0 Å². The van der Waals surface area contributed by atoms with Gasteiger partial charge in [-0.1, -0.05) is 0 Å². The van der Waals surface area contributed by atoms with Crippen LogP contribution < -0.4 is 0 Å². The summed E-state index contributed by atoms with van der Waals surface area (Å²) in [6.45, 7) is 2.24. The molecule has 0 atom stereocenters. The fourth-order valence-corrected chi connectivity index (χ4v) is 1.95. The largest absolute Gasteiger partial charge is 0.395 e. The fourth-order valence-electron chi connectivity index (χ4n) is 1.95. The monoisotopic (exact) mass is 278 g/mol. The summed E-state index contributed by atoms with van der Waals surface area (Å²) >= 11 is 0. The summed E-state index contributed by atoms with van der Waals surface area (Å²) in [5, 5.41) is 26.7. The van der Waals surface area contributed by atoms with Gasteiger partial charge in [-0.05, 0) is 13.0 Å². The number of nitrogens with one attached hydrogen (secondary N) is 1. The number of carbonyl (C=O) groups excluding carboxylic acids is 1. The maximum Gasteiger partial charge on any atom is 0.275 e. The molecule has 0 saturated heterocycles. The van der Waals surface area contributed by atoms with Crippen LogP contribution >= 0.6 is 0 Å². The Morgan fingerprint density at radius 2 is 2.30 bits per heavy atom. The fraction of sp³-hybridized carbons (Fsp3) is 0.333. The number of benzene rings is 1. The number of hydrogen-bond acceptors (Lipinski definition) is 5. The van der Waals surface area contributed by atoms with E-state index in [-0.39, 0.29) is 30.4 Å². The van der Waals surface area contributed by atoms with Crippen molar-refractivity contribution in [3.63, 3.8) is 0 Å². The van der Waals surface area contributed by atoms with Crippen molar-refractivity contribution in [3.8, 4) is 0 Å². The first-order valence-corrected chi connectivity index (χ1v) is 6.11. The number of amides is 1. The molecule has 1 amide bonds. The average Bonchev–Trinajstić information content (AvgIpc) is 2.86. The van der Waals surface area contributed by atoms with Crippen LogP contribution in [0.5, 0.6) is 0 Å². The van der Waals surface area contributed by atoms with Crippen LogP contribution in [-0.2, 0) is 0 Å². The number of hydrogen-bond donors (Lipinski definition) is 2. The van der Waals surface area contributed by atoms with E-state index < -0.39 is 4.92 Å². The number of nitro groups is 1. The zero-order valence-electron chi connectivity index (χ0n) is 10.9. The van der Waals surface area contributed by atoms with E-state index in [2.05, 4.69) is 10.2 Å². The number of nitrogens with zero attached hydrogens (tertiary/aromatic N) is 3. The van der Waals surface area contributed by atoms with Crippen molar-refractivity contribution in [1.29, 1.82) is 0 Å². The third kappa shape index (κ3) is 2.45. The number of non-ortho nitro benzene ring substituents is 1. The molecule has 0 radical (unpaired) electrons. The molecule has 0 aliphatic carbocycles. The van der Waals surface area contributed by atoms with Crippen molar-refractivity contribution in [2.45, 2.75) is 6.92 Å². The number of aromatic amines is 1. The highest BCUT2D eigenvalue weighted by atomic mass is 16.6. The first-order chi connectivity index (χ1) is 9.58. The summed E-state index contributed by atoms with van der Waals surface area (Å²) in [4.78, 5) is 24.0. The normalized spacial score (nSPS) is 10.7. The van der Waals surface area contributed by atoms with E-state index in [0.717, 1.165) is 0 Å². The van der Waals surface area contributed by atoms with E-state index in [1.807, 2.05) is 0 Å². The molecule has 2 N–H and O–H groups in total. The lowest BCUT2D eigenvalue weighted by atomic mass is 10.1. The molecule has 2 aromatic rings. The third-order valence-electron chi connectivity index (χ3n) is 3.00. The summed E-state index contributed by atoms with van der Waals surface area (Å²) in [5.74, 6) is -0.367. The van der Waals surface area contributed by atoms with Crippen LogP contribution in [0.3, 0.4) is 0 Å². The molecule has 0 unspecified atom stereocenters. The number of H-pyrrole nitrogens is 1. The van der Waals surface area contributed by atoms with Crippen LogP contribution in [0.4, 0.5) is 5.69 Å². The maximum absolute atomic E-state index is 12.3. The van der Waals surface area contributed by atoms with Crippen molar-refractivity contribution in [2.75, 3.05) is 19.7 Å². The van der Waals surface area contributed by atoms with Gasteiger partial charge in [0.2, 0.25) is 0 Å². The lowest BCUT2D eigenvalue weighted by Crippen LogP contribution is -2.33. The zero-order chi connectivity index (χ0) is 14.7. The number of aliphatic hydroxyl groups is 1. The molecule has 0 spiro atoms. The number of rotatable bonds is 5. The van der Waals surface area contributed by atoms with Gasteiger partial charge in [0.1, 0.15) is 0 Å². The highest BCUT2D eigenvalue weighted by Crippen LogP contribution is 2.22. The molecule has 0 saturated carbocycles. The van der Waals surface area contributed by atoms with Gasteiger partial charge >= 0.3 is 0 Å². The summed E-state index contributed by atoms with van der Waals surface area (Å²) in [5.41, 5.74) is 0.580. The molecule has 1 aromatic carbocycles. The lowest BCUT2D eigenvalue weighted by molar-refractivity contribution is -0.384. The molecule has 1 heterocycles. The molecule has 0 aliphatic rings. The molecule has 20 heavy (non-hydrogen) atoms. The minimum atomic E-state index is -0.522. The van der Waals surface area contributed by atoms with E-state index in [1.165, 1.54) is 23.1 Å². The summed E-state index contributed by atoms with van der Waals surface area (Å²) in [7, 11) is 0. The Balaban J connectivity index is 2.45. The summed E-state index contributed by atoms with van der Waals surface area (Å²) in [6.07, 6.45) is 0. The Labute approximate surface area is 114 Å². The Morgan fingerprint density at radius 1 is 1.55 bits per heavy atom. The van der Waals surface area contributed by atoms with Crippen molar-refractivity contribution in [1.82, 2.24) is 15.1 Å². The second-order valence-electron chi connectivity index (χ2n) is 4.17. The van der Waals surface area contributed by atoms with Crippen LogP contribution in [0.2, 0.25) is 0 Å². The van der Waals surface area contributed by atoms with Crippen LogP contribution in [0, 0.1) is 10.1 Å². The number of likely N-dealkylation sites (N-methyl/N-ethyl adjacent to an activating group) is 1. The topological polar surface area (TPSA) is 112 Å². The molecule has 0 aliphatic heterocycles. The maximum atomic E-state index is 12.3. The predicted molar refractivity (Wildman–Crippen MR) is 71.4 cm³/mol. The van der Waals surface area contributed by atoms with Crippen LogP contribution in [0.25, 0.3) is 10.9 Å². The van der Waals surface area contributed by atoms with E-state index in [0.29, 0.717) is 17.4 Å². The van der Waals surface area contributed by atoms with Crippen molar-refractivity contribution in [2.24, 2.45) is 0 Å². The molecular formula is C12H14N4O4. The zero-order valence-corrected chi connectivity index (χ0v) is 10.9. The van der Waals surface area contributed by atoms with Gasteiger partial charge in [0, 0.05) is 30.6 Å². The van der Waals surface area contributed by atoms with E-state index in [9.17, 15) is 14.9 Å². The Morgan fingerprint density at radius 3 is 2.90 bits per heavy atom.